The van der Waals surface area contributed by atoms with E-state index in [2.05, 4.69) is 33.5 Å². The first-order valence-corrected chi connectivity index (χ1v) is 10.4. The predicted molar refractivity (Wildman–Crippen MR) is 110 cm³/mol. The Morgan fingerprint density at radius 2 is 1.93 bits per heavy atom. The maximum Gasteiger partial charge on any atom is 0.272 e. The number of nitrogens with one attached hydrogen (secondary N) is 1. The normalized spacial score (nSPS) is 22.3. The van der Waals surface area contributed by atoms with Crippen molar-refractivity contribution in [2.75, 3.05) is 26.3 Å². The van der Waals surface area contributed by atoms with Gasteiger partial charge in [0.15, 0.2) is 5.69 Å². The van der Waals surface area contributed by atoms with Crippen LogP contribution in [-0.4, -0.2) is 53.0 Å². The van der Waals surface area contributed by atoms with Gasteiger partial charge >= 0.3 is 0 Å². The van der Waals surface area contributed by atoms with Crippen molar-refractivity contribution >= 4 is 5.91 Å². The van der Waals surface area contributed by atoms with Gasteiger partial charge in [0.2, 0.25) is 0 Å². The number of nitrogens with zero attached hydrogens (tertiary/aromatic N) is 3. The number of benzene rings is 1. The minimum Gasteiger partial charge on any atom is -0.379 e. The molecule has 1 aromatic carbocycles. The highest BCUT2D eigenvalue weighted by Gasteiger charge is 2.31. The molecule has 2 atom stereocenters. The molecule has 3 heterocycles. The lowest BCUT2D eigenvalue weighted by atomic mass is 9.99. The van der Waals surface area contributed by atoms with Crippen molar-refractivity contribution in [3.8, 4) is 0 Å². The Bertz CT molecular complexity index is 873. The molecular formula is C22H30N4O3. The number of aromatic nitrogens is 2. The lowest BCUT2D eigenvalue weighted by molar-refractivity contribution is -0.00903. The largest absolute Gasteiger partial charge is 0.379 e. The molecule has 2 aromatic rings. The van der Waals surface area contributed by atoms with Crippen molar-refractivity contribution in [1.82, 2.24) is 20.0 Å². The quantitative estimate of drug-likeness (QED) is 0.836. The van der Waals surface area contributed by atoms with Crippen LogP contribution in [0, 0.1) is 0 Å². The fourth-order valence-electron chi connectivity index (χ4n) is 4.37. The van der Waals surface area contributed by atoms with Crippen molar-refractivity contribution in [1.29, 1.82) is 0 Å². The van der Waals surface area contributed by atoms with Crippen molar-refractivity contribution in [2.45, 2.75) is 45.6 Å². The van der Waals surface area contributed by atoms with E-state index in [0.29, 0.717) is 18.7 Å². The van der Waals surface area contributed by atoms with Crippen LogP contribution in [0.1, 0.15) is 52.8 Å². The molecule has 29 heavy (non-hydrogen) atoms. The molecule has 0 unspecified atom stereocenters. The number of carbonyl (C=O) groups is 1. The van der Waals surface area contributed by atoms with E-state index in [1.54, 1.807) is 4.68 Å². The molecule has 7 nitrogen and oxygen atoms in total. The van der Waals surface area contributed by atoms with E-state index < -0.39 is 0 Å². The number of hydrogen-bond acceptors (Lipinski definition) is 5. The lowest BCUT2D eigenvalue weighted by Crippen LogP contribution is -2.36. The first-order valence-electron chi connectivity index (χ1n) is 10.4. The molecule has 156 valence electrons. The van der Waals surface area contributed by atoms with Crippen LogP contribution in [0.25, 0.3) is 0 Å². The molecule has 2 aliphatic rings. The van der Waals surface area contributed by atoms with E-state index in [1.165, 1.54) is 5.56 Å². The molecule has 0 spiro atoms. The second kappa shape index (κ2) is 8.65. The minimum atomic E-state index is -0.121. The summed E-state index contributed by atoms with van der Waals surface area (Å²) in [4.78, 5) is 15.4. The third-order valence-corrected chi connectivity index (χ3v) is 5.78. The van der Waals surface area contributed by atoms with Crippen molar-refractivity contribution in [3.05, 3.63) is 52.3 Å². The van der Waals surface area contributed by atoms with Gasteiger partial charge in [0, 0.05) is 45.2 Å². The second-order valence-electron chi connectivity index (χ2n) is 7.97. The van der Waals surface area contributed by atoms with Crippen molar-refractivity contribution < 1.29 is 14.3 Å². The topological polar surface area (TPSA) is 68.6 Å². The average molecular weight is 399 g/mol. The number of hydrogen-bond donors (Lipinski definition) is 1. The van der Waals surface area contributed by atoms with E-state index in [0.717, 1.165) is 49.7 Å². The predicted octanol–water partition coefficient (Wildman–Crippen LogP) is 2.20. The van der Waals surface area contributed by atoms with Gasteiger partial charge < -0.3 is 14.8 Å². The fraction of sp³-hybridized carbons (Fsp3) is 0.545. The molecule has 4 rings (SSSR count). The summed E-state index contributed by atoms with van der Waals surface area (Å²) in [6.45, 7) is 8.87. The van der Waals surface area contributed by atoms with Crippen LogP contribution in [0.3, 0.4) is 0 Å². The molecule has 1 N–H and O–H groups in total. The standard InChI is InChI=1S/C22H30N4O3/c1-15-12-19-20(24-25(3)21(19)16(2)29-15)22(27)23-13-17-6-4-5-7-18(17)14-26-8-10-28-11-9-26/h4-7,15-16H,8-14H2,1-3H3,(H,23,27)/t15-,16+/m1/s1. The van der Waals surface area contributed by atoms with Crippen molar-refractivity contribution in [2.24, 2.45) is 7.05 Å². The maximum atomic E-state index is 13.0. The third-order valence-electron chi connectivity index (χ3n) is 5.78. The van der Waals surface area contributed by atoms with Gasteiger partial charge in [0.1, 0.15) is 0 Å². The Morgan fingerprint density at radius 3 is 2.69 bits per heavy atom. The average Bonchev–Trinajstić information content (AvgIpc) is 3.04. The van der Waals surface area contributed by atoms with Gasteiger partial charge in [0.05, 0.1) is 31.1 Å². The summed E-state index contributed by atoms with van der Waals surface area (Å²) in [7, 11) is 1.88. The van der Waals surface area contributed by atoms with Gasteiger partial charge in [-0.2, -0.15) is 5.10 Å². The first kappa shape index (κ1) is 20.1. The van der Waals surface area contributed by atoms with E-state index in [-0.39, 0.29) is 18.1 Å². The molecule has 0 saturated carbocycles. The number of amides is 1. The Kier molecular flexibility index (Phi) is 5.99. The summed E-state index contributed by atoms with van der Waals surface area (Å²) >= 11 is 0. The summed E-state index contributed by atoms with van der Waals surface area (Å²) < 4.78 is 13.1. The summed E-state index contributed by atoms with van der Waals surface area (Å²) in [5.41, 5.74) is 4.92. The first-order chi connectivity index (χ1) is 14.0. The molecule has 2 aliphatic heterocycles. The van der Waals surface area contributed by atoms with Gasteiger partial charge in [-0.25, -0.2) is 0 Å². The van der Waals surface area contributed by atoms with Crippen LogP contribution in [0.5, 0.6) is 0 Å². The molecule has 7 heteroatoms. The Balaban J connectivity index is 1.46. The zero-order chi connectivity index (χ0) is 20.4. The highest BCUT2D eigenvalue weighted by Crippen LogP contribution is 2.31. The minimum absolute atomic E-state index is 0.0537. The summed E-state index contributed by atoms with van der Waals surface area (Å²) in [6.07, 6.45) is 0.744. The van der Waals surface area contributed by atoms with Crippen LogP contribution in [0.4, 0.5) is 0 Å². The Hall–Kier alpha value is -2.22. The molecule has 0 radical (unpaired) electrons. The molecular weight excluding hydrogens is 368 g/mol. The number of ether oxygens (including phenoxy) is 2. The molecule has 1 amide bonds. The Labute approximate surface area is 172 Å². The summed E-state index contributed by atoms with van der Waals surface area (Å²) in [6, 6.07) is 8.30. The van der Waals surface area contributed by atoms with Crippen LogP contribution in [0.15, 0.2) is 24.3 Å². The van der Waals surface area contributed by atoms with E-state index >= 15 is 0 Å². The summed E-state index contributed by atoms with van der Waals surface area (Å²) in [5, 5.41) is 7.60. The highest BCUT2D eigenvalue weighted by atomic mass is 16.5. The van der Waals surface area contributed by atoms with Crippen LogP contribution in [-0.2, 0) is 36.0 Å². The third kappa shape index (κ3) is 4.37. The number of fused-ring (bicyclic) bond motifs is 1. The van der Waals surface area contributed by atoms with E-state index in [1.807, 2.05) is 27.0 Å². The monoisotopic (exact) mass is 398 g/mol. The summed E-state index contributed by atoms with van der Waals surface area (Å²) in [5.74, 6) is -0.121. The molecule has 0 bridgehead atoms. The highest BCUT2D eigenvalue weighted by molar-refractivity contribution is 5.94. The maximum absolute atomic E-state index is 13.0. The van der Waals surface area contributed by atoms with Crippen molar-refractivity contribution in [3.63, 3.8) is 0 Å². The molecule has 1 fully saturated rings. The van der Waals surface area contributed by atoms with Gasteiger partial charge in [0.25, 0.3) is 5.91 Å². The fourth-order valence-corrected chi connectivity index (χ4v) is 4.37. The zero-order valence-corrected chi connectivity index (χ0v) is 17.5. The van der Waals surface area contributed by atoms with Crippen LogP contribution in [0.2, 0.25) is 0 Å². The van der Waals surface area contributed by atoms with Gasteiger partial charge in [-0.15, -0.1) is 0 Å². The van der Waals surface area contributed by atoms with Crippen LogP contribution < -0.4 is 5.32 Å². The molecule has 1 aromatic heterocycles. The number of rotatable bonds is 5. The Morgan fingerprint density at radius 1 is 1.21 bits per heavy atom. The lowest BCUT2D eigenvalue weighted by Gasteiger charge is -2.27. The number of aryl methyl sites for hydroxylation is 1. The van der Waals surface area contributed by atoms with Gasteiger partial charge in [-0.3, -0.25) is 14.4 Å². The smallest absolute Gasteiger partial charge is 0.272 e. The van der Waals surface area contributed by atoms with E-state index in [4.69, 9.17) is 9.47 Å². The number of carbonyl (C=O) groups excluding carboxylic acids is 1. The van der Waals surface area contributed by atoms with Gasteiger partial charge in [-0.1, -0.05) is 24.3 Å². The SMILES string of the molecule is C[C@@H]1Cc2c(C(=O)NCc3ccccc3CN3CCOCC3)nn(C)c2[C@H](C)O1. The zero-order valence-electron chi connectivity index (χ0n) is 17.5. The molecule has 1 saturated heterocycles. The number of morpholine rings is 1. The van der Waals surface area contributed by atoms with E-state index in [9.17, 15) is 4.79 Å². The van der Waals surface area contributed by atoms with Crippen LogP contribution >= 0.6 is 0 Å². The van der Waals surface area contributed by atoms with Gasteiger partial charge in [-0.05, 0) is 25.0 Å². The molecule has 0 aliphatic carbocycles. The second-order valence-corrected chi connectivity index (χ2v) is 7.97.